The molecule has 1 aliphatic heterocycles. The first-order valence-corrected chi connectivity index (χ1v) is 7.43. The molecular weight excluding hydrogens is 280 g/mol. The molecule has 0 spiro atoms. The molecule has 1 aromatic rings. The maximum Gasteiger partial charge on any atom is 0.225 e. The number of hydrogen-bond donors (Lipinski definition) is 1. The van der Waals surface area contributed by atoms with Crippen LogP contribution in [-0.2, 0) is 0 Å². The number of benzene rings is 1. The van der Waals surface area contributed by atoms with Crippen molar-refractivity contribution in [2.75, 3.05) is 13.1 Å². The molecule has 0 saturated carbocycles. The molecule has 0 amide bonds. The third-order valence-electron chi connectivity index (χ3n) is 2.53. The molecule has 0 bridgehead atoms. The summed E-state index contributed by atoms with van der Waals surface area (Å²) in [5.74, 6) is 1.24. The standard InChI is InChI=1S/C13H17ClN4S/c1-3-15-13(18-9-10(2)8-16-18)17-19-12-6-4-5-11(14)7-12/h4-8,10H,3,9H2,1-2H3,(H,15,17). The number of halogens is 1. The Kier molecular flexibility index (Phi) is 5.10. The van der Waals surface area contributed by atoms with E-state index in [1.54, 1.807) is 0 Å². The Hall–Kier alpha value is -1.20. The van der Waals surface area contributed by atoms with Crippen molar-refractivity contribution >= 4 is 35.7 Å². The summed E-state index contributed by atoms with van der Waals surface area (Å²) in [6.07, 6.45) is 1.94. The van der Waals surface area contributed by atoms with Gasteiger partial charge in [0.1, 0.15) is 0 Å². The molecular formula is C13H17ClN4S. The highest BCUT2D eigenvalue weighted by molar-refractivity contribution is 7.98. The normalized spacial score (nSPS) is 19.0. The molecule has 0 saturated heterocycles. The second-order valence-electron chi connectivity index (χ2n) is 4.28. The maximum absolute atomic E-state index is 5.96. The highest BCUT2D eigenvalue weighted by Gasteiger charge is 2.18. The van der Waals surface area contributed by atoms with Crippen molar-refractivity contribution in [2.45, 2.75) is 18.7 Å². The molecule has 1 aromatic carbocycles. The lowest BCUT2D eigenvalue weighted by molar-refractivity contribution is 0.446. The molecule has 1 aliphatic rings. The molecule has 2 rings (SSSR count). The highest BCUT2D eigenvalue weighted by atomic mass is 35.5. The molecule has 0 radical (unpaired) electrons. The van der Waals surface area contributed by atoms with Crippen molar-refractivity contribution in [2.24, 2.45) is 16.0 Å². The van der Waals surface area contributed by atoms with Crippen molar-refractivity contribution < 1.29 is 0 Å². The third kappa shape index (κ3) is 4.14. The molecule has 4 nitrogen and oxygen atoms in total. The molecule has 0 fully saturated rings. The van der Waals surface area contributed by atoms with Crippen LogP contribution in [0, 0.1) is 5.92 Å². The summed E-state index contributed by atoms with van der Waals surface area (Å²) in [5, 5.41) is 6.97. The van der Waals surface area contributed by atoms with E-state index in [2.05, 4.69) is 21.7 Å². The number of nitrogens with zero attached hydrogens (tertiary/aromatic N) is 3. The van der Waals surface area contributed by atoms with Crippen molar-refractivity contribution in [3.05, 3.63) is 29.3 Å². The van der Waals surface area contributed by atoms with Gasteiger partial charge in [-0.05, 0) is 37.1 Å². The van der Waals surface area contributed by atoms with Crippen LogP contribution in [0.5, 0.6) is 0 Å². The van der Waals surface area contributed by atoms with Crippen LogP contribution in [0.25, 0.3) is 0 Å². The Balaban J connectivity index is 1.98. The number of hydrogen-bond acceptors (Lipinski definition) is 3. The molecule has 102 valence electrons. The van der Waals surface area contributed by atoms with E-state index < -0.39 is 0 Å². The van der Waals surface area contributed by atoms with Crippen LogP contribution >= 0.6 is 23.5 Å². The molecule has 19 heavy (non-hydrogen) atoms. The summed E-state index contributed by atoms with van der Waals surface area (Å²) >= 11 is 7.45. The SMILES string of the molecule is CCN=C(NSc1cccc(Cl)c1)N1CC(C)C=N1. The lowest BCUT2D eigenvalue weighted by atomic mass is 10.2. The van der Waals surface area contributed by atoms with E-state index in [9.17, 15) is 0 Å². The zero-order valence-corrected chi connectivity index (χ0v) is 12.6. The summed E-state index contributed by atoms with van der Waals surface area (Å²) in [4.78, 5) is 5.49. The largest absolute Gasteiger partial charge is 0.295 e. The third-order valence-corrected chi connectivity index (χ3v) is 3.54. The zero-order valence-electron chi connectivity index (χ0n) is 11.0. The van der Waals surface area contributed by atoms with Crippen LogP contribution in [0.4, 0.5) is 0 Å². The summed E-state index contributed by atoms with van der Waals surface area (Å²) in [6, 6.07) is 7.71. The predicted octanol–water partition coefficient (Wildman–Crippen LogP) is 3.25. The van der Waals surface area contributed by atoms with Gasteiger partial charge >= 0.3 is 0 Å². The number of nitrogens with one attached hydrogen (secondary N) is 1. The van der Waals surface area contributed by atoms with E-state index in [-0.39, 0.29) is 0 Å². The second-order valence-corrected chi connectivity index (χ2v) is 5.60. The van der Waals surface area contributed by atoms with Gasteiger partial charge < -0.3 is 0 Å². The lowest BCUT2D eigenvalue weighted by Gasteiger charge is -2.18. The monoisotopic (exact) mass is 296 g/mol. The smallest absolute Gasteiger partial charge is 0.225 e. The van der Waals surface area contributed by atoms with Crippen molar-refractivity contribution in [1.82, 2.24) is 9.73 Å². The fourth-order valence-corrected chi connectivity index (χ4v) is 2.62. The zero-order chi connectivity index (χ0) is 13.7. The van der Waals surface area contributed by atoms with E-state index in [0.717, 1.165) is 29.0 Å². The molecule has 1 unspecified atom stereocenters. The van der Waals surface area contributed by atoms with E-state index >= 15 is 0 Å². The van der Waals surface area contributed by atoms with Crippen molar-refractivity contribution in [1.29, 1.82) is 0 Å². The van der Waals surface area contributed by atoms with Gasteiger partial charge in [-0.3, -0.25) is 9.71 Å². The Morgan fingerprint density at radius 2 is 2.47 bits per heavy atom. The first-order chi connectivity index (χ1) is 9.19. The molecule has 1 N–H and O–H groups in total. The summed E-state index contributed by atoms with van der Waals surface area (Å²) in [6.45, 7) is 5.73. The number of hydrazone groups is 1. The minimum atomic E-state index is 0.458. The molecule has 0 aliphatic carbocycles. The van der Waals surface area contributed by atoms with Crippen LogP contribution in [0.15, 0.2) is 39.3 Å². The fourth-order valence-electron chi connectivity index (χ4n) is 1.65. The van der Waals surface area contributed by atoms with E-state index in [1.807, 2.05) is 42.4 Å². The Labute approximate surface area is 123 Å². The first kappa shape index (κ1) is 14.2. The van der Waals surface area contributed by atoms with Crippen LogP contribution in [0.2, 0.25) is 5.02 Å². The molecule has 0 aromatic heterocycles. The summed E-state index contributed by atoms with van der Waals surface area (Å²) < 4.78 is 3.25. The van der Waals surface area contributed by atoms with Gasteiger partial charge in [-0.2, -0.15) is 5.10 Å². The van der Waals surface area contributed by atoms with Gasteiger partial charge in [0.15, 0.2) is 0 Å². The number of guanidine groups is 1. The van der Waals surface area contributed by atoms with Gasteiger partial charge in [0.2, 0.25) is 5.96 Å². The first-order valence-electron chi connectivity index (χ1n) is 6.23. The summed E-state index contributed by atoms with van der Waals surface area (Å²) in [7, 11) is 0. The van der Waals surface area contributed by atoms with Crippen molar-refractivity contribution in [3.8, 4) is 0 Å². The molecule has 1 heterocycles. The van der Waals surface area contributed by atoms with Crippen LogP contribution in [-0.4, -0.2) is 30.3 Å². The second kappa shape index (κ2) is 6.82. The minimum Gasteiger partial charge on any atom is -0.295 e. The van der Waals surface area contributed by atoms with E-state index in [4.69, 9.17) is 11.6 Å². The van der Waals surface area contributed by atoms with Crippen LogP contribution < -0.4 is 4.72 Å². The quantitative estimate of drug-likeness (QED) is 0.529. The molecule has 6 heteroatoms. The van der Waals surface area contributed by atoms with Gasteiger partial charge in [-0.15, -0.1) is 0 Å². The molecule has 1 atom stereocenters. The Morgan fingerprint density at radius 3 is 3.11 bits per heavy atom. The van der Waals surface area contributed by atoms with Crippen LogP contribution in [0.3, 0.4) is 0 Å². The number of aliphatic imine (C=N–C) groups is 1. The Bertz CT molecular complexity index is 489. The van der Waals surface area contributed by atoms with Gasteiger partial charge in [-0.25, -0.2) is 5.01 Å². The Morgan fingerprint density at radius 1 is 1.63 bits per heavy atom. The van der Waals surface area contributed by atoms with Crippen molar-refractivity contribution in [3.63, 3.8) is 0 Å². The fraction of sp³-hybridized carbons (Fsp3) is 0.385. The van der Waals surface area contributed by atoms with Gasteiger partial charge in [-0.1, -0.05) is 24.6 Å². The average molecular weight is 297 g/mol. The minimum absolute atomic E-state index is 0.458. The lowest BCUT2D eigenvalue weighted by Crippen LogP contribution is -2.34. The summed E-state index contributed by atoms with van der Waals surface area (Å²) in [5.41, 5.74) is 0. The number of rotatable bonds is 3. The van der Waals surface area contributed by atoms with Gasteiger partial charge in [0, 0.05) is 28.6 Å². The average Bonchev–Trinajstić information content (AvgIpc) is 2.81. The van der Waals surface area contributed by atoms with E-state index in [1.165, 1.54) is 11.9 Å². The maximum atomic E-state index is 5.96. The topological polar surface area (TPSA) is 40.0 Å². The van der Waals surface area contributed by atoms with Gasteiger partial charge in [0.05, 0.1) is 6.54 Å². The van der Waals surface area contributed by atoms with Crippen LogP contribution in [0.1, 0.15) is 13.8 Å². The predicted molar refractivity (Wildman–Crippen MR) is 82.8 cm³/mol. The van der Waals surface area contributed by atoms with Gasteiger partial charge in [0.25, 0.3) is 0 Å². The highest BCUT2D eigenvalue weighted by Crippen LogP contribution is 2.19. The van der Waals surface area contributed by atoms with E-state index in [0.29, 0.717) is 5.92 Å².